The molecule has 2 aromatic rings. The molecule has 4 heteroatoms. The number of thiazole rings is 1. The minimum atomic E-state index is 0.566. The molecule has 0 radical (unpaired) electrons. The Balaban J connectivity index is 2.35. The molecule has 1 aromatic heterocycles. The van der Waals surface area contributed by atoms with E-state index in [0.29, 0.717) is 6.54 Å². The highest BCUT2D eigenvalue weighted by molar-refractivity contribution is 7.15. The van der Waals surface area contributed by atoms with E-state index in [1.54, 1.807) is 18.4 Å². The third kappa shape index (κ3) is 2.48. The predicted molar refractivity (Wildman–Crippen MR) is 71.4 cm³/mol. The van der Waals surface area contributed by atoms with E-state index in [9.17, 15) is 0 Å². The van der Waals surface area contributed by atoms with Crippen molar-refractivity contribution in [3.63, 3.8) is 0 Å². The second kappa shape index (κ2) is 5.29. The molecule has 2 rings (SSSR count). The van der Waals surface area contributed by atoms with Gasteiger partial charge in [-0.25, -0.2) is 4.98 Å². The summed E-state index contributed by atoms with van der Waals surface area (Å²) in [5, 5.41) is 1.03. The van der Waals surface area contributed by atoms with E-state index in [4.69, 9.17) is 10.5 Å². The fourth-order valence-electron chi connectivity index (χ4n) is 1.68. The summed E-state index contributed by atoms with van der Waals surface area (Å²) < 4.78 is 5.14. The van der Waals surface area contributed by atoms with Gasteiger partial charge in [0.05, 0.1) is 12.8 Å². The molecule has 1 heterocycles. The van der Waals surface area contributed by atoms with Crippen molar-refractivity contribution in [2.24, 2.45) is 5.73 Å². The summed E-state index contributed by atoms with van der Waals surface area (Å²) in [5.74, 6) is 0.861. The van der Waals surface area contributed by atoms with Crippen molar-refractivity contribution in [3.8, 4) is 16.3 Å². The van der Waals surface area contributed by atoms with Gasteiger partial charge in [-0.1, -0.05) is 6.92 Å². The van der Waals surface area contributed by atoms with Crippen LogP contribution in [0.2, 0.25) is 0 Å². The highest BCUT2D eigenvalue weighted by Crippen LogP contribution is 2.29. The Morgan fingerprint density at radius 3 is 2.47 bits per heavy atom. The Bertz CT molecular complexity index is 469. The Labute approximate surface area is 105 Å². The van der Waals surface area contributed by atoms with Crippen LogP contribution >= 0.6 is 11.3 Å². The lowest BCUT2D eigenvalue weighted by Gasteiger charge is -2.00. The van der Waals surface area contributed by atoms with E-state index in [1.165, 1.54) is 4.88 Å². The summed E-state index contributed by atoms with van der Waals surface area (Å²) in [7, 11) is 1.67. The first-order valence-corrected chi connectivity index (χ1v) is 6.43. The molecule has 2 N–H and O–H groups in total. The molecule has 0 spiro atoms. The molecule has 17 heavy (non-hydrogen) atoms. The molecule has 3 nitrogen and oxygen atoms in total. The SMILES string of the molecule is CCc1nc(-c2ccc(OC)cc2)sc1CN. The van der Waals surface area contributed by atoms with Gasteiger partial charge in [-0.15, -0.1) is 11.3 Å². The van der Waals surface area contributed by atoms with Crippen LogP contribution in [0.15, 0.2) is 24.3 Å². The van der Waals surface area contributed by atoms with Gasteiger partial charge in [0.25, 0.3) is 0 Å². The van der Waals surface area contributed by atoms with Gasteiger partial charge in [0.1, 0.15) is 10.8 Å². The van der Waals surface area contributed by atoms with Gasteiger partial charge >= 0.3 is 0 Å². The predicted octanol–water partition coefficient (Wildman–Crippen LogP) is 2.84. The largest absolute Gasteiger partial charge is 0.497 e. The highest BCUT2D eigenvalue weighted by atomic mass is 32.1. The molecular weight excluding hydrogens is 232 g/mol. The summed E-state index contributed by atoms with van der Waals surface area (Å²) in [5.41, 5.74) is 7.94. The van der Waals surface area contributed by atoms with Gasteiger partial charge in [-0.05, 0) is 30.7 Å². The van der Waals surface area contributed by atoms with Crippen LogP contribution in [0.5, 0.6) is 5.75 Å². The molecular formula is C13H16N2OS. The van der Waals surface area contributed by atoms with Crippen LogP contribution in [-0.2, 0) is 13.0 Å². The number of nitrogens with two attached hydrogens (primary N) is 1. The summed E-state index contributed by atoms with van der Waals surface area (Å²) >= 11 is 1.67. The summed E-state index contributed by atoms with van der Waals surface area (Å²) in [4.78, 5) is 5.80. The van der Waals surface area contributed by atoms with Gasteiger partial charge in [-0.3, -0.25) is 0 Å². The number of ether oxygens (including phenoxy) is 1. The zero-order valence-electron chi connectivity index (χ0n) is 10.1. The van der Waals surface area contributed by atoms with Crippen LogP contribution in [0, 0.1) is 0 Å². The molecule has 0 saturated heterocycles. The second-order valence-electron chi connectivity index (χ2n) is 3.68. The molecule has 0 atom stereocenters. The Morgan fingerprint density at radius 1 is 1.29 bits per heavy atom. The number of aromatic nitrogens is 1. The normalized spacial score (nSPS) is 10.5. The Kier molecular flexibility index (Phi) is 3.76. The maximum absolute atomic E-state index is 5.71. The quantitative estimate of drug-likeness (QED) is 0.905. The fourth-order valence-corrected chi connectivity index (χ4v) is 2.71. The zero-order valence-corrected chi connectivity index (χ0v) is 10.9. The number of hydrogen-bond donors (Lipinski definition) is 1. The average molecular weight is 248 g/mol. The van der Waals surface area contributed by atoms with Crippen molar-refractivity contribution in [2.45, 2.75) is 19.9 Å². The third-order valence-corrected chi connectivity index (χ3v) is 3.80. The first-order valence-electron chi connectivity index (χ1n) is 5.61. The van der Waals surface area contributed by atoms with Crippen molar-refractivity contribution in [1.82, 2.24) is 4.98 Å². The molecule has 1 aromatic carbocycles. The molecule has 0 unspecified atom stereocenters. The number of aryl methyl sites for hydroxylation is 1. The van der Waals surface area contributed by atoms with Crippen molar-refractivity contribution in [1.29, 1.82) is 0 Å². The van der Waals surface area contributed by atoms with Gasteiger partial charge < -0.3 is 10.5 Å². The number of methoxy groups -OCH3 is 1. The number of rotatable bonds is 4. The van der Waals surface area contributed by atoms with E-state index < -0.39 is 0 Å². The Morgan fingerprint density at radius 2 is 2.00 bits per heavy atom. The monoisotopic (exact) mass is 248 g/mol. The summed E-state index contributed by atoms with van der Waals surface area (Å²) in [6.07, 6.45) is 0.930. The first kappa shape index (κ1) is 12.1. The molecule has 0 aliphatic heterocycles. The van der Waals surface area contributed by atoms with Gasteiger partial charge in [0.2, 0.25) is 0 Å². The van der Waals surface area contributed by atoms with E-state index in [-0.39, 0.29) is 0 Å². The van der Waals surface area contributed by atoms with Gasteiger partial charge in [0, 0.05) is 17.0 Å². The summed E-state index contributed by atoms with van der Waals surface area (Å²) in [6, 6.07) is 7.95. The molecule has 0 aliphatic carbocycles. The smallest absolute Gasteiger partial charge is 0.123 e. The second-order valence-corrected chi connectivity index (χ2v) is 4.76. The maximum atomic E-state index is 5.71. The van der Waals surface area contributed by atoms with Gasteiger partial charge in [0.15, 0.2) is 0 Å². The first-order chi connectivity index (χ1) is 8.28. The topological polar surface area (TPSA) is 48.1 Å². The van der Waals surface area contributed by atoms with Crippen LogP contribution in [0.25, 0.3) is 10.6 Å². The number of nitrogens with zero attached hydrogens (tertiary/aromatic N) is 1. The number of benzene rings is 1. The molecule has 0 aliphatic rings. The van der Waals surface area contributed by atoms with Crippen LogP contribution in [0.1, 0.15) is 17.5 Å². The fraction of sp³-hybridized carbons (Fsp3) is 0.308. The minimum Gasteiger partial charge on any atom is -0.497 e. The maximum Gasteiger partial charge on any atom is 0.123 e. The van der Waals surface area contributed by atoms with E-state index in [2.05, 4.69) is 11.9 Å². The molecule has 0 fully saturated rings. The minimum absolute atomic E-state index is 0.566. The standard InChI is InChI=1S/C13H16N2OS/c1-3-11-12(8-14)17-13(15-11)9-4-6-10(16-2)7-5-9/h4-7H,3,8,14H2,1-2H3. The molecule has 0 amide bonds. The molecule has 90 valence electrons. The Hall–Kier alpha value is -1.39. The average Bonchev–Trinajstić information content (AvgIpc) is 2.82. The number of hydrogen-bond acceptors (Lipinski definition) is 4. The van der Waals surface area contributed by atoms with Crippen LogP contribution in [-0.4, -0.2) is 12.1 Å². The van der Waals surface area contributed by atoms with Crippen molar-refractivity contribution >= 4 is 11.3 Å². The van der Waals surface area contributed by atoms with Crippen molar-refractivity contribution in [3.05, 3.63) is 34.8 Å². The van der Waals surface area contributed by atoms with E-state index in [0.717, 1.165) is 28.4 Å². The van der Waals surface area contributed by atoms with Crippen LogP contribution < -0.4 is 10.5 Å². The van der Waals surface area contributed by atoms with E-state index >= 15 is 0 Å². The third-order valence-electron chi connectivity index (χ3n) is 2.64. The lowest BCUT2D eigenvalue weighted by molar-refractivity contribution is 0.415. The molecule has 0 bridgehead atoms. The highest BCUT2D eigenvalue weighted by Gasteiger charge is 2.09. The van der Waals surface area contributed by atoms with Crippen molar-refractivity contribution < 1.29 is 4.74 Å². The van der Waals surface area contributed by atoms with Crippen LogP contribution in [0.4, 0.5) is 0 Å². The van der Waals surface area contributed by atoms with E-state index in [1.807, 2.05) is 24.3 Å². The zero-order chi connectivity index (χ0) is 12.3. The van der Waals surface area contributed by atoms with Gasteiger partial charge in [-0.2, -0.15) is 0 Å². The lowest BCUT2D eigenvalue weighted by atomic mass is 10.2. The molecule has 0 saturated carbocycles. The van der Waals surface area contributed by atoms with Crippen molar-refractivity contribution in [2.75, 3.05) is 7.11 Å². The summed E-state index contributed by atoms with van der Waals surface area (Å²) in [6.45, 7) is 2.67. The van der Waals surface area contributed by atoms with Crippen LogP contribution in [0.3, 0.4) is 0 Å². The lowest BCUT2D eigenvalue weighted by Crippen LogP contribution is -1.96.